The molecule has 0 heterocycles. The van der Waals surface area contributed by atoms with E-state index < -0.39 is 5.97 Å². The molecule has 98 valence electrons. The maximum absolute atomic E-state index is 11.5. The zero-order valence-corrected chi connectivity index (χ0v) is 11.5. The quantitative estimate of drug-likeness (QED) is 0.513. The van der Waals surface area contributed by atoms with E-state index >= 15 is 0 Å². The Bertz CT molecular complexity index is 678. The number of aliphatic hydroxyl groups is 1. The number of ether oxygens (including phenoxy) is 1. The van der Waals surface area contributed by atoms with Crippen molar-refractivity contribution in [2.75, 3.05) is 7.11 Å². The fourth-order valence-electron chi connectivity index (χ4n) is 1.76. The van der Waals surface area contributed by atoms with E-state index in [-0.39, 0.29) is 5.57 Å². The predicted molar refractivity (Wildman–Crippen MR) is 76.6 cm³/mol. The molecule has 2 aromatic rings. The number of halogens is 2. The van der Waals surface area contributed by atoms with E-state index in [4.69, 9.17) is 28.3 Å². The average molecular weight is 297 g/mol. The molecule has 0 saturated carbocycles. The summed E-state index contributed by atoms with van der Waals surface area (Å²) in [5.74, 6) is -0.609. The standard InChI is InChI=1S/C14H10Cl2O3/c1-19-14(18)11(7-17)9-3-2-8-5-12(15)13(16)6-10(8)4-9/h2-7,17H,1H3. The van der Waals surface area contributed by atoms with Crippen LogP contribution in [0.25, 0.3) is 16.3 Å². The van der Waals surface area contributed by atoms with Gasteiger partial charge < -0.3 is 9.84 Å². The Morgan fingerprint density at radius 3 is 2.37 bits per heavy atom. The van der Waals surface area contributed by atoms with Crippen molar-refractivity contribution in [3.8, 4) is 0 Å². The number of carbonyl (C=O) groups excluding carboxylic acids is 1. The van der Waals surface area contributed by atoms with Gasteiger partial charge in [-0.25, -0.2) is 4.79 Å². The van der Waals surface area contributed by atoms with Crippen LogP contribution in [0.3, 0.4) is 0 Å². The minimum atomic E-state index is -0.609. The van der Waals surface area contributed by atoms with E-state index in [2.05, 4.69) is 4.74 Å². The Kier molecular flexibility index (Phi) is 3.98. The van der Waals surface area contributed by atoms with Crippen LogP contribution < -0.4 is 0 Å². The summed E-state index contributed by atoms with van der Waals surface area (Å²) in [5.41, 5.74) is 0.621. The number of rotatable bonds is 2. The van der Waals surface area contributed by atoms with Gasteiger partial charge in [0.1, 0.15) is 5.57 Å². The molecule has 0 aromatic heterocycles. The van der Waals surface area contributed by atoms with Crippen LogP contribution in [0.1, 0.15) is 5.56 Å². The normalized spacial score (nSPS) is 11.6. The number of hydrogen-bond acceptors (Lipinski definition) is 3. The van der Waals surface area contributed by atoms with Crippen LogP contribution in [-0.2, 0) is 9.53 Å². The Morgan fingerprint density at radius 2 is 1.79 bits per heavy atom. The SMILES string of the molecule is COC(=O)C(=CO)c1ccc2cc(Cl)c(Cl)cc2c1. The first-order valence-corrected chi connectivity index (χ1v) is 6.14. The van der Waals surface area contributed by atoms with Crippen molar-refractivity contribution in [3.63, 3.8) is 0 Å². The molecule has 2 aromatic carbocycles. The van der Waals surface area contributed by atoms with Crippen LogP contribution in [0.15, 0.2) is 36.6 Å². The summed E-state index contributed by atoms with van der Waals surface area (Å²) < 4.78 is 4.60. The number of benzene rings is 2. The molecule has 0 aliphatic rings. The molecule has 3 nitrogen and oxygen atoms in total. The zero-order valence-electron chi connectivity index (χ0n) is 9.98. The third-order valence-corrected chi connectivity index (χ3v) is 3.45. The third-order valence-electron chi connectivity index (χ3n) is 2.72. The first kappa shape index (κ1) is 13.7. The van der Waals surface area contributed by atoms with Gasteiger partial charge in [0.25, 0.3) is 0 Å². The van der Waals surface area contributed by atoms with Crippen molar-refractivity contribution in [2.45, 2.75) is 0 Å². The predicted octanol–water partition coefficient (Wildman–Crippen LogP) is 4.22. The van der Waals surface area contributed by atoms with Gasteiger partial charge in [-0.15, -0.1) is 0 Å². The average Bonchev–Trinajstić information content (AvgIpc) is 2.41. The van der Waals surface area contributed by atoms with Crippen LogP contribution in [-0.4, -0.2) is 18.2 Å². The second-order valence-electron chi connectivity index (χ2n) is 3.86. The molecule has 19 heavy (non-hydrogen) atoms. The van der Waals surface area contributed by atoms with Gasteiger partial charge in [0.05, 0.1) is 23.4 Å². The second kappa shape index (κ2) is 5.51. The highest BCUT2D eigenvalue weighted by molar-refractivity contribution is 6.42. The van der Waals surface area contributed by atoms with E-state index in [1.54, 1.807) is 30.3 Å². The largest absolute Gasteiger partial charge is 0.515 e. The zero-order chi connectivity index (χ0) is 14.0. The van der Waals surface area contributed by atoms with Crippen molar-refractivity contribution in [1.82, 2.24) is 0 Å². The van der Waals surface area contributed by atoms with Gasteiger partial charge in [0, 0.05) is 0 Å². The molecule has 0 radical (unpaired) electrons. The molecule has 2 rings (SSSR count). The Morgan fingerprint density at radius 1 is 1.16 bits per heavy atom. The lowest BCUT2D eigenvalue weighted by Crippen LogP contribution is -2.03. The maximum Gasteiger partial charge on any atom is 0.341 e. The van der Waals surface area contributed by atoms with Crippen LogP contribution in [0.2, 0.25) is 10.0 Å². The van der Waals surface area contributed by atoms with E-state index in [9.17, 15) is 4.79 Å². The summed E-state index contributed by atoms with van der Waals surface area (Å²) in [7, 11) is 1.25. The second-order valence-corrected chi connectivity index (χ2v) is 4.68. The Labute approximate surface area is 120 Å². The van der Waals surface area contributed by atoms with Gasteiger partial charge in [-0.05, 0) is 34.5 Å². The first-order valence-electron chi connectivity index (χ1n) is 5.38. The molecular weight excluding hydrogens is 287 g/mol. The smallest absolute Gasteiger partial charge is 0.341 e. The lowest BCUT2D eigenvalue weighted by molar-refractivity contribution is -0.133. The molecule has 1 N–H and O–H groups in total. The summed E-state index contributed by atoms with van der Waals surface area (Å²) in [6.45, 7) is 0. The molecule has 0 amide bonds. The molecule has 5 heteroatoms. The molecule has 0 atom stereocenters. The minimum Gasteiger partial charge on any atom is -0.515 e. The van der Waals surface area contributed by atoms with Crippen molar-refractivity contribution >= 4 is 45.5 Å². The summed E-state index contributed by atoms with van der Waals surface area (Å²) >= 11 is 11.9. The fraction of sp³-hybridized carbons (Fsp3) is 0.0714. The van der Waals surface area contributed by atoms with Gasteiger partial charge in [-0.1, -0.05) is 35.3 Å². The van der Waals surface area contributed by atoms with E-state index in [1.165, 1.54) is 7.11 Å². The molecular formula is C14H10Cl2O3. The number of fused-ring (bicyclic) bond motifs is 1. The molecule has 0 fully saturated rings. The Balaban J connectivity index is 2.58. The van der Waals surface area contributed by atoms with E-state index in [0.717, 1.165) is 17.0 Å². The van der Waals surface area contributed by atoms with Crippen molar-refractivity contribution < 1.29 is 14.6 Å². The summed E-state index contributed by atoms with van der Waals surface area (Å²) in [6, 6.07) is 8.67. The lowest BCUT2D eigenvalue weighted by atomic mass is 10.0. The van der Waals surface area contributed by atoms with Gasteiger partial charge >= 0.3 is 5.97 Å². The summed E-state index contributed by atoms with van der Waals surface area (Å²) in [6.07, 6.45) is 0.727. The van der Waals surface area contributed by atoms with Gasteiger partial charge in [-0.3, -0.25) is 0 Å². The highest BCUT2D eigenvalue weighted by atomic mass is 35.5. The molecule has 0 spiro atoms. The number of carbonyl (C=O) groups is 1. The number of esters is 1. The fourth-order valence-corrected chi connectivity index (χ4v) is 2.11. The highest BCUT2D eigenvalue weighted by Crippen LogP contribution is 2.29. The van der Waals surface area contributed by atoms with Gasteiger partial charge in [-0.2, -0.15) is 0 Å². The van der Waals surface area contributed by atoms with Crippen LogP contribution >= 0.6 is 23.2 Å². The Hall–Kier alpha value is -1.71. The number of aliphatic hydroxyl groups excluding tert-OH is 1. The highest BCUT2D eigenvalue weighted by Gasteiger charge is 2.13. The molecule has 0 bridgehead atoms. The van der Waals surface area contributed by atoms with E-state index in [0.29, 0.717) is 15.6 Å². The van der Waals surface area contributed by atoms with Crippen molar-refractivity contribution in [3.05, 3.63) is 52.2 Å². The lowest BCUT2D eigenvalue weighted by Gasteiger charge is -2.07. The number of methoxy groups -OCH3 is 1. The van der Waals surface area contributed by atoms with Gasteiger partial charge in [0.15, 0.2) is 0 Å². The topological polar surface area (TPSA) is 46.5 Å². The molecule has 0 aliphatic heterocycles. The maximum atomic E-state index is 11.5. The summed E-state index contributed by atoms with van der Waals surface area (Å²) in [5, 5.41) is 11.7. The summed E-state index contributed by atoms with van der Waals surface area (Å²) in [4.78, 5) is 11.5. The van der Waals surface area contributed by atoms with Crippen LogP contribution in [0, 0.1) is 0 Å². The number of hydrogen-bond donors (Lipinski definition) is 1. The van der Waals surface area contributed by atoms with Crippen LogP contribution in [0.4, 0.5) is 0 Å². The van der Waals surface area contributed by atoms with Gasteiger partial charge in [0.2, 0.25) is 0 Å². The van der Waals surface area contributed by atoms with E-state index in [1.807, 2.05) is 0 Å². The molecule has 0 aliphatic carbocycles. The molecule has 0 unspecified atom stereocenters. The van der Waals surface area contributed by atoms with Crippen molar-refractivity contribution in [2.24, 2.45) is 0 Å². The molecule has 0 saturated heterocycles. The van der Waals surface area contributed by atoms with Crippen LogP contribution in [0.5, 0.6) is 0 Å². The minimum absolute atomic E-state index is 0.0791. The van der Waals surface area contributed by atoms with Crippen molar-refractivity contribution in [1.29, 1.82) is 0 Å². The first-order chi connectivity index (χ1) is 9.06. The third kappa shape index (κ3) is 2.67. The monoisotopic (exact) mass is 296 g/mol.